The van der Waals surface area contributed by atoms with Gasteiger partial charge in [0.25, 0.3) is 11.6 Å². The van der Waals surface area contributed by atoms with Crippen LogP contribution in [0.1, 0.15) is 10.4 Å². The zero-order valence-corrected chi connectivity index (χ0v) is 14.9. The molecule has 0 heterocycles. The Morgan fingerprint density at radius 2 is 1.33 bits per heavy atom. The number of hydrogen-bond donors (Lipinski definition) is 1. The van der Waals surface area contributed by atoms with Crippen molar-refractivity contribution in [1.82, 2.24) is 5.32 Å². The Morgan fingerprint density at radius 3 is 1.85 bits per heavy atom. The first-order valence-electron chi connectivity index (χ1n) is 8.07. The number of thiocarbonyl (C=S) groups is 1. The Labute approximate surface area is 161 Å². The van der Waals surface area contributed by atoms with Crippen molar-refractivity contribution in [3.63, 3.8) is 0 Å². The summed E-state index contributed by atoms with van der Waals surface area (Å²) in [6.07, 6.45) is 0. The SMILES string of the molecule is O=C(NC(=S)N(c1ccccc1)c1ccccc1)c1ccccc1[N+](=O)[O-]. The van der Waals surface area contributed by atoms with E-state index in [0.29, 0.717) is 0 Å². The first kappa shape index (κ1) is 18.2. The van der Waals surface area contributed by atoms with E-state index in [4.69, 9.17) is 12.2 Å². The third kappa shape index (κ3) is 4.16. The number of nitrogens with one attached hydrogen (secondary N) is 1. The monoisotopic (exact) mass is 377 g/mol. The number of benzene rings is 3. The molecular formula is C20H15N3O3S. The number of nitro groups is 1. The predicted octanol–water partition coefficient (Wildman–Crippen LogP) is 4.45. The van der Waals surface area contributed by atoms with Crippen molar-refractivity contribution in [3.05, 3.63) is 101 Å². The minimum atomic E-state index is -0.635. The first-order valence-corrected chi connectivity index (χ1v) is 8.47. The van der Waals surface area contributed by atoms with Crippen molar-refractivity contribution in [2.45, 2.75) is 0 Å². The molecule has 0 saturated heterocycles. The van der Waals surface area contributed by atoms with E-state index in [1.807, 2.05) is 60.7 Å². The van der Waals surface area contributed by atoms with E-state index in [1.165, 1.54) is 18.2 Å². The molecule has 0 aromatic heterocycles. The molecule has 0 bridgehead atoms. The second kappa shape index (κ2) is 8.20. The fourth-order valence-electron chi connectivity index (χ4n) is 2.58. The van der Waals surface area contributed by atoms with Gasteiger partial charge in [-0.05, 0) is 42.5 Å². The van der Waals surface area contributed by atoms with Gasteiger partial charge in [-0.2, -0.15) is 0 Å². The molecule has 3 aromatic carbocycles. The molecule has 0 radical (unpaired) electrons. The molecule has 6 nitrogen and oxygen atoms in total. The van der Waals surface area contributed by atoms with Crippen molar-refractivity contribution in [3.8, 4) is 0 Å². The normalized spacial score (nSPS) is 10.1. The third-order valence-electron chi connectivity index (χ3n) is 3.80. The van der Waals surface area contributed by atoms with Gasteiger partial charge in [-0.3, -0.25) is 25.1 Å². The zero-order chi connectivity index (χ0) is 19.2. The van der Waals surface area contributed by atoms with Crippen molar-refractivity contribution in [1.29, 1.82) is 0 Å². The number of rotatable bonds is 4. The second-order valence-corrected chi connectivity index (χ2v) is 5.93. The summed E-state index contributed by atoms with van der Waals surface area (Å²) in [4.78, 5) is 24.9. The van der Waals surface area contributed by atoms with E-state index in [0.717, 1.165) is 11.4 Å². The van der Waals surface area contributed by atoms with Gasteiger partial charge in [-0.25, -0.2) is 0 Å². The number of carbonyl (C=O) groups is 1. The Balaban J connectivity index is 1.92. The van der Waals surface area contributed by atoms with Crippen LogP contribution in [-0.2, 0) is 0 Å². The fourth-order valence-corrected chi connectivity index (χ4v) is 2.89. The average Bonchev–Trinajstić information content (AvgIpc) is 2.69. The van der Waals surface area contributed by atoms with Gasteiger partial charge in [0.05, 0.1) is 4.92 Å². The van der Waals surface area contributed by atoms with Crippen LogP contribution in [0.5, 0.6) is 0 Å². The van der Waals surface area contributed by atoms with Crippen LogP contribution in [-0.4, -0.2) is 15.9 Å². The van der Waals surface area contributed by atoms with E-state index in [1.54, 1.807) is 11.0 Å². The highest BCUT2D eigenvalue weighted by atomic mass is 32.1. The molecule has 0 fully saturated rings. The standard InChI is InChI=1S/C20H15N3O3S/c24-19(17-13-7-8-14-18(17)23(25)26)21-20(27)22(15-9-3-1-4-10-15)16-11-5-2-6-12-16/h1-14H,(H,21,24,27). The van der Waals surface area contributed by atoms with E-state index < -0.39 is 10.8 Å². The minimum Gasteiger partial charge on any atom is -0.298 e. The Morgan fingerprint density at radius 1 is 0.852 bits per heavy atom. The quantitative estimate of drug-likeness (QED) is 0.413. The molecule has 1 N–H and O–H groups in total. The molecule has 0 aliphatic carbocycles. The lowest BCUT2D eigenvalue weighted by Gasteiger charge is -2.25. The lowest BCUT2D eigenvalue weighted by Crippen LogP contribution is -2.40. The topological polar surface area (TPSA) is 75.5 Å². The summed E-state index contributed by atoms with van der Waals surface area (Å²) < 4.78 is 0. The number of anilines is 2. The third-order valence-corrected chi connectivity index (χ3v) is 4.08. The van der Waals surface area contributed by atoms with Gasteiger partial charge in [-0.1, -0.05) is 48.5 Å². The molecule has 0 unspecified atom stereocenters. The maximum atomic E-state index is 12.6. The van der Waals surface area contributed by atoms with Crippen molar-refractivity contribution < 1.29 is 9.72 Å². The summed E-state index contributed by atoms with van der Waals surface area (Å²) in [6, 6.07) is 24.4. The van der Waals surface area contributed by atoms with Crippen LogP contribution in [0, 0.1) is 10.1 Å². The van der Waals surface area contributed by atoms with Crippen LogP contribution in [0.15, 0.2) is 84.9 Å². The summed E-state index contributed by atoms with van der Waals surface area (Å²) in [5.74, 6) is -0.635. The maximum Gasteiger partial charge on any atom is 0.282 e. The van der Waals surface area contributed by atoms with Gasteiger partial charge in [0.1, 0.15) is 5.56 Å². The summed E-state index contributed by atoms with van der Waals surface area (Å²) in [6.45, 7) is 0. The van der Waals surface area contributed by atoms with E-state index in [2.05, 4.69) is 5.32 Å². The lowest BCUT2D eigenvalue weighted by atomic mass is 10.1. The van der Waals surface area contributed by atoms with Gasteiger partial charge in [-0.15, -0.1) is 0 Å². The van der Waals surface area contributed by atoms with Crippen molar-refractivity contribution in [2.24, 2.45) is 0 Å². The molecular weight excluding hydrogens is 362 g/mol. The molecule has 7 heteroatoms. The lowest BCUT2D eigenvalue weighted by molar-refractivity contribution is -0.385. The Kier molecular flexibility index (Phi) is 5.53. The molecule has 0 atom stereocenters. The van der Waals surface area contributed by atoms with Gasteiger partial charge < -0.3 is 0 Å². The molecule has 134 valence electrons. The molecule has 1 amide bonds. The molecule has 3 aromatic rings. The highest BCUT2D eigenvalue weighted by Crippen LogP contribution is 2.25. The first-order chi connectivity index (χ1) is 13.1. The molecule has 0 saturated carbocycles. The second-order valence-electron chi connectivity index (χ2n) is 5.54. The fraction of sp³-hybridized carbons (Fsp3) is 0. The summed E-state index contributed by atoms with van der Waals surface area (Å²) in [5, 5.41) is 13.9. The predicted molar refractivity (Wildman–Crippen MR) is 108 cm³/mol. The number of nitro benzene ring substituents is 1. The van der Waals surface area contributed by atoms with E-state index in [-0.39, 0.29) is 16.4 Å². The minimum absolute atomic E-state index is 0.0501. The van der Waals surface area contributed by atoms with Crippen LogP contribution in [0.4, 0.5) is 17.1 Å². The summed E-state index contributed by atoms with van der Waals surface area (Å²) >= 11 is 5.45. The number of para-hydroxylation sites is 3. The number of hydrogen-bond acceptors (Lipinski definition) is 4. The smallest absolute Gasteiger partial charge is 0.282 e. The largest absolute Gasteiger partial charge is 0.298 e. The molecule has 0 aliphatic heterocycles. The zero-order valence-electron chi connectivity index (χ0n) is 14.1. The Bertz CT molecular complexity index is 939. The van der Waals surface area contributed by atoms with Crippen LogP contribution < -0.4 is 10.2 Å². The highest BCUT2D eigenvalue weighted by molar-refractivity contribution is 7.80. The van der Waals surface area contributed by atoms with Crippen LogP contribution >= 0.6 is 12.2 Å². The van der Waals surface area contributed by atoms with Crippen LogP contribution in [0.3, 0.4) is 0 Å². The van der Waals surface area contributed by atoms with Gasteiger partial charge in [0, 0.05) is 17.4 Å². The van der Waals surface area contributed by atoms with Crippen LogP contribution in [0.25, 0.3) is 0 Å². The highest BCUT2D eigenvalue weighted by Gasteiger charge is 2.22. The van der Waals surface area contributed by atoms with E-state index >= 15 is 0 Å². The van der Waals surface area contributed by atoms with E-state index in [9.17, 15) is 14.9 Å². The summed E-state index contributed by atoms with van der Waals surface area (Å²) in [7, 11) is 0. The van der Waals surface area contributed by atoms with Crippen molar-refractivity contribution in [2.75, 3.05) is 4.90 Å². The number of carbonyl (C=O) groups excluding carboxylic acids is 1. The number of amides is 1. The van der Waals surface area contributed by atoms with Crippen molar-refractivity contribution >= 4 is 40.3 Å². The molecule has 3 rings (SSSR count). The molecule has 0 aliphatic rings. The Hall–Kier alpha value is -3.58. The van der Waals surface area contributed by atoms with Gasteiger partial charge >= 0.3 is 0 Å². The van der Waals surface area contributed by atoms with Gasteiger partial charge in [0.2, 0.25) is 0 Å². The molecule has 27 heavy (non-hydrogen) atoms. The number of nitrogens with zero attached hydrogens (tertiary/aromatic N) is 2. The average molecular weight is 377 g/mol. The van der Waals surface area contributed by atoms with Crippen LogP contribution in [0.2, 0.25) is 0 Å². The summed E-state index contributed by atoms with van der Waals surface area (Å²) in [5.41, 5.74) is 1.20. The maximum absolute atomic E-state index is 12.6. The van der Waals surface area contributed by atoms with Gasteiger partial charge in [0.15, 0.2) is 5.11 Å². The molecule has 0 spiro atoms.